The first-order chi connectivity index (χ1) is 11.6. The molecule has 24 heavy (non-hydrogen) atoms. The molecule has 1 aliphatic rings. The van der Waals surface area contributed by atoms with Crippen LogP contribution in [0.5, 0.6) is 11.5 Å². The number of hydrogen-bond donors (Lipinski definition) is 1. The maximum absolute atomic E-state index is 12.8. The molecule has 1 N–H and O–H groups in total. The second kappa shape index (κ2) is 8.42. The van der Waals surface area contributed by atoms with Gasteiger partial charge in [-0.15, -0.1) is 0 Å². The van der Waals surface area contributed by atoms with Crippen molar-refractivity contribution in [1.29, 1.82) is 0 Å². The van der Waals surface area contributed by atoms with E-state index in [1.165, 1.54) is 0 Å². The van der Waals surface area contributed by atoms with Gasteiger partial charge >= 0.3 is 6.09 Å². The van der Waals surface area contributed by atoms with Crippen molar-refractivity contribution in [3.63, 3.8) is 0 Å². The topological polar surface area (TPSA) is 77.1 Å². The zero-order valence-electron chi connectivity index (χ0n) is 14.3. The summed E-state index contributed by atoms with van der Waals surface area (Å²) >= 11 is 0. The van der Waals surface area contributed by atoms with Gasteiger partial charge in [-0.3, -0.25) is 4.79 Å². The highest BCUT2D eigenvalue weighted by Gasteiger charge is 2.26. The van der Waals surface area contributed by atoms with Crippen LogP contribution >= 0.6 is 0 Å². The largest absolute Gasteiger partial charge is 0.497 e. The third-order valence-electron chi connectivity index (χ3n) is 3.90. The number of alkyl carbamates (subject to hydrolysis) is 1. The molecule has 132 valence electrons. The summed E-state index contributed by atoms with van der Waals surface area (Å²) in [5, 5.41) is 2.80. The van der Waals surface area contributed by atoms with E-state index in [2.05, 4.69) is 5.32 Å². The summed E-state index contributed by atoms with van der Waals surface area (Å²) in [5.41, 5.74) is 0.503. The van der Waals surface area contributed by atoms with Crippen molar-refractivity contribution in [1.82, 2.24) is 10.2 Å². The van der Waals surface area contributed by atoms with Crippen LogP contribution in [0.3, 0.4) is 0 Å². The molecule has 1 aromatic rings. The van der Waals surface area contributed by atoms with E-state index in [1.807, 2.05) is 0 Å². The van der Waals surface area contributed by atoms with Crippen LogP contribution in [-0.4, -0.2) is 56.9 Å². The molecule has 1 saturated heterocycles. The monoisotopic (exact) mass is 336 g/mol. The molecule has 1 aliphatic heterocycles. The molecule has 0 radical (unpaired) electrons. The number of benzene rings is 1. The minimum atomic E-state index is -0.445. The van der Waals surface area contributed by atoms with Gasteiger partial charge in [0.25, 0.3) is 5.91 Å². The quantitative estimate of drug-likeness (QED) is 0.890. The third-order valence-corrected chi connectivity index (χ3v) is 3.90. The second-order valence-corrected chi connectivity index (χ2v) is 5.56. The molecule has 0 unspecified atom stereocenters. The van der Waals surface area contributed by atoms with E-state index >= 15 is 0 Å². The van der Waals surface area contributed by atoms with Gasteiger partial charge in [-0.2, -0.15) is 0 Å². The lowest BCUT2D eigenvalue weighted by molar-refractivity contribution is 0.0685. The lowest BCUT2D eigenvalue weighted by atomic mass is 10.0. The molecule has 0 spiro atoms. The Kier molecular flexibility index (Phi) is 6.28. The minimum Gasteiger partial charge on any atom is -0.497 e. The molecule has 2 rings (SSSR count). The first-order valence-electron chi connectivity index (χ1n) is 8.03. The van der Waals surface area contributed by atoms with Crippen LogP contribution in [0.25, 0.3) is 0 Å². The van der Waals surface area contributed by atoms with E-state index in [0.717, 1.165) is 12.8 Å². The smallest absolute Gasteiger partial charge is 0.407 e. The summed E-state index contributed by atoms with van der Waals surface area (Å²) in [6.07, 6.45) is 1.20. The van der Waals surface area contributed by atoms with Gasteiger partial charge in [0.15, 0.2) is 0 Å². The van der Waals surface area contributed by atoms with E-state index in [9.17, 15) is 9.59 Å². The molecule has 0 aliphatic carbocycles. The molecule has 0 saturated carbocycles. The van der Waals surface area contributed by atoms with Crippen molar-refractivity contribution in [2.45, 2.75) is 25.8 Å². The molecular formula is C17H24N2O5. The number of ether oxygens (including phenoxy) is 3. The average Bonchev–Trinajstić information content (AvgIpc) is 2.60. The first-order valence-corrected chi connectivity index (χ1v) is 8.03. The first kappa shape index (κ1) is 17.9. The maximum atomic E-state index is 12.8. The minimum absolute atomic E-state index is 0.103. The van der Waals surface area contributed by atoms with E-state index in [-0.39, 0.29) is 11.9 Å². The summed E-state index contributed by atoms with van der Waals surface area (Å²) in [6, 6.07) is 4.99. The van der Waals surface area contributed by atoms with Gasteiger partial charge in [-0.25, -0.2) is 4.79 Å². The summed E-state index contributed by atoms with van der Waals surface area (Å²) in [7, 11) is 3.09. The molecule has 1 aromatic carbocycles. The highest BCUT2D eigenvalue weighted by Crippen LogP contribution is 2.24. The number of nitrogens with zero attached hydrogens (tertiary/aromatic N) is 1. The lowest BCUT2D eigenvalue weighted by Crippen LogP contribution is -2.49. The van der Waals surface area contributed by atoms with Gasteiger partial charge in [0.2, 0.25) is 0 Å². The highest BCUT2D eigenvalue weighted by atomic mass is 16.5. The van der Waals surface area contributed by atoms with Crippen molar-refractivity contribution in [3.05, 3.63) is 23.8 Å². The molecule has 1 fully saturated rings. The van der Waals surface area contributed by atoms with Crippen LogP contribution in [0, 0.1) is 0 Å². The van der Waals surface area contributed by atoms with Crippen LogP contribution in [0.15, 0.2) is 18.2 Å². The Balaban J connectivity index is 2.07. The molecule has 1 atom stereocenters. The predicted molar refractivity (Wildman–Crippen MR) is 88.6 cm³/mol. The highest BCUT2D eigenvalue weighted by molar-refractivity contribution is 5.95. The number of nitrogens with one attached hydrogen (secondary N) is 1. The number of amides is 2. The summed E-state index contributed by atoms with van der Waals surface area (Å²) in [5.74, 6) is 1.02. The van der Waals surface area contributed by atoms with Crippen LogP contribution in [0.2, 0.25) is 0 Å². The zero-order chi connectivity index (χ0) is 17.5. The second-order valence-electron chi connectivity index (χ2n) is 5.56. The number of piperidine rings is 1. The fourth-order valence-electron chi connectivity index (χ4n) is 2.73. The van der Waals surface area contributed by atoms with Crippen LogP contribution in [0.4, 0.5) is 4.79 Å². The molecule has 0 aromatic heterocycles. The van der Waals surface area contributed by atoms with Gasteiger partial charge in [-0.1, -0.05) is 0 Å². The zero-order valence-corrected chi connectivity index (χ0v) is 14.3. The third kappa shape index (κ3) is 4.53. The molecule has 2 amide bonds. The van der Waals surface area contributed by atoms with E-state index in [0.29, 0.717) is 36.8 Å². The van der Waals surface area contributed by atoms with Gasteiger partial charge in [0, 0.05) is 30.8 Å². The van der Waals surface area contributed by atoms with Gasteiger partial charge < -0.3 is 24.4 Å². The Morgan fingerprint density at radius 1 is 1.21 bits per heavy atom. The summed E-state index contributed by atoms with van der Waals surface area (Å²) < 4.78 is 15.3. The number of rotatable bonds is 5. The molecular weight excluding hydrogens is 312 g/mol. The number of likely N-dealkylation sites (tertiary alicyclic amines) is 1. The molecule has 7 heteroatoms. The predicted octanol–water partition coefficient (Wildman–Crippen LogP) is 2.05. The van der Waals surface area contributed by atoms with Gasteiger partial charge in [0.1, 0.15) is 11.5 Å². The van der Waals surface area contributed by atoms with E-state index in [1.54, 1.807) is 44.2 Å². The van der Waals surface area contributed by atoms with E-state index in [4.69, 9.17) is 14.2 Å². The molecule has 7 nitrogen and oxygen atoms in total. The normalized spacial score (nSPS) is 17.1. The van der Waals surface area contributed by atoms with E-state index < -0.39 is 6.09 Å². The van der Waals surface area contributed by atoms with Crippen molar-refractivity contribution in [3.8, 4) is 11.5 Å². The molecule has 1 heterocycles. The summed E-state index contributed by atoms with van der Waals surface area (Å²) in [4.78, 5) is 26.0. The van der Waals surface area contributed by atoms with Gasteiger partial charge in [0.05, 0.1) is 20.8 Å². The number of hydrogen-bond acceptors (Lipinski definition) is 5. The van der Waals surface area contributed by atoms with Gasteiger partial charge in [-0.05, 0) is 31.9 Å². The Morgan fingerprint density at radius 3 is 2.46 bits per heavy atom. The van der Waals surface area contributed by atoms with Crippen LogP contribution < -0.4 is 14.8 Å². The lowest BCUT2D eigenvalue weighted by Gasteiger charge is -2.33. The standard InChI is InChI=1S/C17H24N2O5/c1-4-24-17(21)18-13-6-5-7-19(11-13)16(20)12-8-14(22-2)10-15(9-12)23-3/h8-10,13H,4-7,11H2,1-3H3,(H,18,21)/t13-/m0/s1. The van der Waals surface area contributed by atoms with Crippen molar-refractivity contribution < 1.29 is 23.8 Å². The van der Waals surface area contributed by atoms with Crippen molar-refractivity contribution in [2.75, 3.05) is 33.9 Å². The Morgan fingerprint density at radius 2 is 1.88 bits per heavy atom. The van der Waals surface area contributed by atoms with Crippen molar-refractivity contribution in [2.24, 2.45) is 0 Å². The SMILES string of the molecule is CCOC(=O)N[C@H]1CCCN(C(=O)c2cc(OC)cc(OC)c2)C1. The average molecular weight is 336 g/mol. The number of carbonyl (C=O) groups is 2. The van der Waals surface area contributed by atoms with Crippen molar-refractivity contribution >= 4 is 12.0 Å². The van der Waals surface area contributed by atoms with Crippen LogP contribution in [0.1, 0.15) is 30.1 Å². The Bertz CT molecular complexity index is 568. The number of carbonyl (C=O) groups excluding carboxylic acids is 2. The maximum Gasteiger partial charge on any atom is 0.407 e. The number of methoxy groups -OCH3 is 2. The van der Waals surface area contributed by atoms with Crippen LogP contribution in [-0.2, 0) is 4.74 Å². The fourth-order valence-corrected chi connectivity index (χ4v) is 2.73. The Hall–Kier alpha value is -2.44. The Labute approximate surface area is 141 Å². The molecule has 0 bridgehead atoms. The summed E-state index contributed by atoms with van der Waals surface area (Å²) in [6.45, 7) is 3.19. The fraction of sp³-hybridized carbons (Fsp3) is 0.529.